The van der Waals surface area contributed by atoms with Crippen LogP contribution in [-0.2, 0) is 0 Å². The van der Waals surface area contributed by atoms with Crippen molar-refractivity contribution in [2.24, 2.45) is 5.73 Å². The maximum Gasteiger partial charge on any atom is 0.123 e. The van der Waals surface area contributed by atoms with Gasteiger partial charge in [-0.05, 0) is 37.1 Å². The van der Waals surface area contributed by atoms with Gasteiger partial charge in [-0.15, -0.1) is 11.3 Å². The van der Waals surface area contributed by atoms with Gasteiger partial charge in [0, 0.05) is 11.1 Å². The van der Waals surface area contributed by atoms with Crippen LogP contribution in [0.3, 0.4) is 0 Å². The van der Waals surface area contributed by atoms with Crippen LogP contribution in [0.4, 0.5) is 4.39 Å². The fourth-order valence-electron chi connectivity index (χ4n) is 1.62. The Hall–Kier alpha value is -1.26. The molecular formula is C12H13FN2S. The summed E-state index contributed by atoms with van der Waals surface area (Å²) in [5.74, 6) is -0.253. The Bertz CT molecular complexity index is 507. The predicted octanol–water partition coefficient (Wildman–Crippen LogP) is 2.95. The molecule has 84 valence electrons. The third-order valence-corrected chi connectivity index (χ3v) is 3.52. The zero-order chi connectivity index (χ0) is 11.7. The van der Waals surface area contributed by atoms with Crippen molar-refractivity contribution < 1.29 is 4.39 Å². The van der Waals surface area contributed by atoms with Crippen molar-refractivity contribution in [2.75, 3.05) is 0 Å². The zero-order valence-corrected chi connectivity index (χ0v) is 10.0. The Morgan fingerprint density at radius 3 is 2.75 bits per heavy atom. The van der Waals surface area contributed by atoms with E-state index in [-0.39, 0.29) is 11.9 Å². The molecule has 2 rings (SSSR count). The molecule has 16 heavy (non-hydrogen) atoms. The highest BCUT2D eigenvalue weighted by atomic mass is 32.1. The molecule has 0 saturated carbocycles. The fraction of sp³-hybridized carbons (Fsp3) is 0.250. The molecule has 0 aliphatic rings. The van der Waals surface area contributed by atoms with Crippen molar-refractivity contribution in [3.8, 4) is 0 Å². The van der Waals surface area contributed by atoms with Crippen LogP contribution in [0.15, 0.2) is 24.4 Å². The quantitative estimate of drug-likeness (QED) is 0.870. The number of hydrogen-bond donors (Lipinski definition) is 1. The first-order valence-corrected chi connectivity index (χ1v) is 5.83. The summed E-state index contributed by atoms with van der Waals surface area (Å²) in [5, 5.41) is 0.972. The molecule has 1 aromatic carbocycles. The van der Waals surface area contributed by atoms with Crippen LogP contribution in [0.1, 0.15) is 27.1 Å². The van der Waals surface area contributed by atoms with Gasteiger partial charge in [0.1, 0.15) is 5.82 Å². The Labute approximate surface area is 97.9 Å². The molecule has 1 aromatic heterocycles. The number of halogens is 1. The monoisotopic (exact) mass is 236 g/mol. The van der Waals surface area contributed by atoms with Crippen LogP contribution in [0.5, 0.6) is 0 Å². The van der Waals surface area contributed by atoms with E-state index in [1.165, 1.54) is 12.1 Å². The Morgan fingerprint density at radius 2 is 2.12 bits per heavy atom. The molecule has 0 spiro atoms. The number of aromatic nitrogens is 1. The van der Waals surface area contributed by atoms with E-state index in [0.29, 0.717) is 0 Å². The Balaban J connectivity index is 2.40. The lowest BCUT2D eigenvalue weighted by Gasteiger charge is -2.12. The van der Waals surface area contributed by atoms with Crippen LogP contribution < -0.4 is 5.73 Å². The first-order valence-electron chi connectivity index (χ1n) is 5.02. The van der Waals surface area contributed by atoms with Crippen LogP contribution in [0.2, 0.25) is 0 Å². The summed E-state index contributed by atoms with van der Waals surface area (Å²) in [6.45, 7) is 3.86. The Kier molecular flexibility index (Phi) is 3.03. The first-order chi connectivity index (χ1) is 7.58. The van der Waals surface area contributed by atoms with Gasteiger partial charge in [-0.3, -0.25) is 0 Å². The second-order valence-corrected chi connectivity index (χ2v) is 5.03. The number of nitrogens with two attached hydrogens (primary N) is 1. The summed E-state index contributed by atoms with van der Waals surface area (Å²) in [7, 11) is 0. The molecule has 0 aliphatic heterocycles. The topological polar surface area (TPSA) is 38.9 Å². The van der Waals surface area contributed by atoms with Crippen molar-refractivity contribution in [3.63, 3.8) is 0 Å². The number of benzene rings is 1. The number of rotatable bonds is 2. The lowest BCUT2D eigenvalue weighted by molar-refractivity contribution is 0.623. The molecule has 0 bridgehead atoms. The number of thiazole rings is 1. The van der Waals surface area contributed by atoms with Gasteiger partial charge >= 0.3 is 0 Å². The van der Waals surface area contributed by atoms with E-state index in [2.05, 4.69) is 4.98 Å². The predicted molar refractivity (Wildman–Crippen MR) is 64.0 cm³/mol. The third-order valence-electron chi connectivity index (χ3n) is 2.52. The van der Waals surface area contributed by atoms with Gasteiger partial charge in [-0.2, -0.15) is 0 Å². The average Bonchev–Trinajstić information content (AvgIpc) is 2.67. The van der Waals surface area contributed by atoms with Gasteiger partial charge in [0.15, 0.2) is 0 Å². The van der Waals surface area contributed by atoms with Crippen molar-refractivity contribution in [2.45, 2.75) is 19.9 Å². The molecule has 2 aromatic rings. The highest BCUT2D eigenvalue weighted by Crippen LogP contribution is 2.27. The maximum absolute atomic E-state index is 13.2. The highest BCUT2D eigenvalue weighted by Gasteiger charge is 2.14. The molecule has 1 heterocycles. The van der Waals surface area contributed by atoms with Crippen molar-refractivity contribution in [3.05, 3.63) is 51.2 Å². The molecule has 0 fully saturated rings. The molecule has 4 heteroatoms. The van der Waals surface area contributed by atoms with Crippen LogP contribution >= 0.6 is 11.3 Å². The fourth-order valence-corrected chi connectivity index (χ4v) is 2.43. The molecule has 0 amide bonds. The SMILES string of the molecule is Cc1ncc(C(N)c2cc(F)ccc2C)s1. The van der Waals surface area contributed by atoms with Gasteiger partial charge in [-0.25, -0.2) is 9.37 Å². The van der Waals surface area contributed by atoms with Gasteiger partial charge < -0.3 is 5.73 Å². The van der Waals surface area contributed by atoms with Crippen LogP contribution in [0, 0.1) is 19.7 Å². The van der Waals surface area contributed by atoms with E-state index in [9.17, 15) is 4.39 Å². The van der Waals surface area contributed by atoms with Crippen molar-refractivity contribution in [1.82, 2.24) is 4.98 Å². The molecule has 2 nitrogen and oxygen atoms in total. The lowest BCUT2D eigenvalue weighted by Crippen LogP contribution is -2.12. The molecule has 2 N–H and O–H groups in total. The molecule has 1 atom stereocenters. The summed E-state index contributed by atoms with van der Waals surface area (Å²) in [6, 6.07) is 4.40. The van der Waals surface area contributed by atoms with Gasteiger partial charge in [0.2, 0.25) is 0 Å². The standard InChI is InChI=1S/C12H13FN2S/c1-7-3-4-9(13)5-10(7)12(14)11-6-15-8(2)16-11/h3-6,12H,14H2,1-2H3. The normalized spacial score (nSPS) is 12.8. The molecule has 1 unspecified atom stereocenters. The summed E-state index contributed by atoms with van der Waals surface area (Å²) >= 11 is 1.55. The first kappa shape index (κ1) is 11.2. The van der Waals surface area contributed by atoms with Crippen molar-refractivity contribution in [1.29, 1.82) is 0 Å². The summed E-state index contributed by atoms with van der Waals surface area (Å²) in [6.07, 6.45) is 1.76. The minimum Gasteiger partial charge on any atom is -0.320 e. The van der Waals surface area contributed by atoms with E-state index in [0.717, 1.165) is 21.0 Å². The molecule has 0 aliphatic carbocycles. The van der Waals surface area contributed by atoms with Gasteiger partial charge in [0.25, 0.3) is 0 Å². The van der Waals surface area contributed by atoms with E-state index in [4.69, 9.17) is 5.73 Å². The zero-order valence-electron chi connectivity index (χ0n) is 9.20. The molecular weight excluding hydrogens is 223 g/mol. The average molecular weight is 236 g/mol. The van der Waals surface area contributed by atoms with Crippen LogP contribution in [-0.4, -0.2) is 4.98 Å². The number of nitrogens with zero attached hydrogens (tertiary/aromatic N) is 1. The van der Waals surface area contributed by atoms with Gasteiger partial charge in [0.05, 0.1) is 11.0 Å². The second-order valence-electron chi connectivity index (χ2n) is 3.76. The number of hydrogen-bond acceptors (Lipinski definition) is 3. The molecule has 0 radical (unpaired) electrons. The summed E-state index contributed by atoms with van der Waals surface area (Å²) < 4.78 is 13.2. The van der Waals surface area contributed by atoms with E-state index >= 15 is 0 Å². The lowest BCUT2D eigenvalue weighted by atomic mass is 10.0. The number of aryl methyl sites for hydroxylation is 2. The minimum atomic E-state index is -0.290. The maximum atomic E-state index is 13.2. The van der Waals surface area contributed by atoms with Crippen LogP contribution in [0.25, 0.3) is 0 Å². The smallest absolute Gasteiger partial charge is 0.123 e. The van der Waals surface area contributed by atoms with E-state index in [1.54, 1.807) is 23.6 Å². The third kappa shape index (κ3) is 2.13. The largest absolute Gasteiger partial charge is 0.320 e. The minimum absolute atomic E-state index is 0.253. The summed E-state index contributed by atoms with van der Waals surface area (Å²) in [5.41, 5.74) is 7.93. The molecule has 0 saturated heterocycles. The Morgan fingerprint density at radius 1 is 1.38 bits per heavy atom. The highest BCUT2D eigenvalue weighted by molar-refractivity contribution is 7.11. The van der Waals surface area contributed by atoms with E-state index < -0.39 is 0 Å². The van der Waals surface area contributed by atoms with Crippen molar-refractivity contribution >= 4 is 11.3 Å². The van der Waals surface area contributed by atoms with Gasteiger partial charge in [-0.1, -0.05) is 6.07 Å². The van der Waals surface area contributed by atoms with E-state index in [1.807, 2.05) is 13.8 Å². The summed E-state index contributed by atoms with van der Waals surface area (Å²) in [4.78, 5) is 5.12. The second kappa shape index (κ2) is 4.31.